The number of carbonyl (C=O) groups is 1. The standard InChI is InChI=1S/C21H15F3N4O3/c1-25-15-6-2-14(3-7-15)19(29)28-11-10-17(12-28)30-16-8-4-13(5-9-16)18-26-20(31-27-18)21(22,23)24/h2-9,17H,10-12H2/t17-/m0/s1. The van der Waals surface area contributed by atoms with E-state index in [1.54, 1.807) is 41.3 Å². The summed E-state index contributed by atoms with van der Waals surface area (Å²) in [6.45, 7) is 7.91. The SMILES string of the molecule is [C-]#[N+]c1ccc(C(=O)N2CC[C@H](Oc3ccc(-c4noc(C(F)(F)F)n4)cc3)C2)cc1. The summed E-state index contributed by atoms with van der Waals surface area (Å²) in [5, 5.41) is 3.35. The normalized spacial score (nSPS) is 16.2. The largest absolute Gasteiger partial charge is 0.489 e. The fourth-order valence-electron chi connectivity index (χ4n) is 3.20. The van der Waals surface area contributed by atoms with Crippen LogP contribution in [-0.4, -0.2) is 40.1 Å². The van der Waals surface area contributed by atoms with Gasteiger partial charge in [-0.15, -0.1) is 0 Å². The van der Waals surface area contributed by atoms with Crippen LogP contribution in [0.25, 0.3) is 16.2 Å². The van der Waals surface area contributed by atoms with Crippen LogP contribution in [0.4, 0.5) is 18.9 Å². The minimum atomic E-state index is -4.70. The van der Waals surface area contributed by atoms with Crippen LogP contribution in [0.15, 0.2) is 53.1 Å². The Bertz CT molecular complexity index is 1120. The maximum absolute atomic E-state index is 12.6. The Balaban J connectivity index is 1.36. The molecule has 1 saturated heterocycles. The Morgan fingerprint density at radius 1 is 1.16 bits per heavy atom. The van der Waals surface area contributed by atoms with E-state index < -0.39 is 12.1 Å². The summed E-state index contributed by atoms with van der Waals surface area (Å²) >= 11 is 0. The number of amides is 1. The third-order valence-electron chi connectivity index (χ3n) is 4.76. The predicted octanol–water partition coefficient (Wildman–Crippen LogP) is 4.60. The van der Waals surface area contributed by atoms with Gasteiger partial charge >= 0.3 is 12.1 Å². The molecule has 1 atom stereocenters. The Morgan fingerprint density at radius 2 is 1.87 bits per heavy atom. The van der Waals surface area contributed by atoms with E-state index in [9.17, 15) is 18.0 Å². The van der Waals surface area contributed by atoms with Crippen molar-refractivity contribution >= 4 is 11.6 Å². The average Bonchev–Trinajstić information content (AvgIpc) is 3.44. The number of rotatable bonds is 4. The fraction of sp³-hybridized carbons (Fsp3) is 0.238. The van der Waals surface area contributed by atoms with E-state index in [1.165, 1.54) is 12.1 Å². The van der Waals surface area contributed by atoms with Gasteiger partial charge in [0.05, 0.1) is 13.1 Å². The van der Waals surface area contributed by atoms with E-state index in [2.05, 4.69) is 19.5 Å². The van der Waals surface area contributed by atoms with Gasteiger partial charge in [-0.05, 0) is 24.3 Å². The van der Waals surface area contributed by atoms with Gasteiger partial charge in [0.2, 0.25) is 5.82 Å². The van der Waals surface area contributed by atoms with Crippen molar-refractivity contribution in [2.45, 2.75) is 18.7 Å². The van der Waals surface area contributed by atoms with E-state index >= 15 is 0 Å². The van der Waals surface area contributed by atoms with Gasteiger partial charge in [-0.2, -0.15) is 18.2 Å². The number of halogens is 3. The van der Waals surface area contributed by atoms with Crippen molar-refractivity contribution in [2.75, 3.05) is 13.1 Å². The lowest BCUT2D eigenvalue weighted by Gasteiger charge is -2.17. The van der Waals surface area contributed by atoms with E-state index in [1.807, 2.05) is 0 Å². The van der Waals surface area contributed by atoms with Crippen LogP contribution < -0.4 is 4.74 Å². The van der Waals surface area contributed by atoms with Gasteiger partial charge in [-0.3, -0.25) is 4.79 Å². The van der Waals surface area contributed by atoms with Crippen LogP contribution in [0.3, 0.4) is 0 Å². The highest BCUT2D eigenvalue weighted by Crippen LogP contribution is 2.30. The molecule has 0 unspecified atom stereocenters. The van der Waals surface area contributed by atoms with Gasteiger partial charge in [-0.1, -0.05) is 29.4 Å². The van der Waals surface area contributed by atoms with Crippen LogP contribution in [0.2, 0.25) is 0 Å². The number of likely N-dealkylation sites (tertiary alicyclic amines) is 1. The van der Waals surface area contributed by atoms with Crippen LogP contribution >= 0.6 is 0 Å². The molecule has 0 saturated carbocycles. The number of ether oxygens (including phenoxy) is 1. The third-order valence-corrected chi connectivity index (χ3v) is 4.76. The number of hydrogen-bond donors (Lipinski definition) is 0. The molecule has 7 nitrogen and oxygen atoms in total. The molecule has 0 aliphatic carbocycles. The highest BCUT2D eigenvalue weighted by Gasteiger charge is 2.38. The molecule has 2 heterocycles. The molecule has 31 heavy (non-hydrogen) atoms. The number of carbonyl (C=O) groups excluding carboxylic acids is 1. The molecule has 10 heteroatoms. The van der Waals surface area contributed by atoms with Gasteiger partial charge in [0.15, 0.2) is 5.69 Å². The number of alkyl halides is 3. The van der Waals surface area contributed by atoms with E-state index in [-0.39, 0.29) is 17.8 Å². The van der Waals surface area contributed by atoms with Crippen molar-refractivity contribution in [3.8, 4) is 17.1 Å². The Labute approximate surface area is 174 Å². The molecule has 1 aliphatic rings. The van der Waals surface area contributed by atoms with E-state index in [0.29, 0.717) is 42.1 Å². The molecule has 158 valence electrons. The zero-order valence-corrected chi connectivity index (χ0v) is 16.0. The second-order valence-electron chi connectivity index (χ2n) is 6.88. The zero-order valence-electron chi connectivity index (χ0n) is 16.0. The molecule has 1 aliphatic heterocycles. The molecule has 1 fully saturated rings. The van der Waals surface area contributed by atoms with Crippen LogP contribution in [-0.2, 0) is 6.18 Å². The van der Waals surface area contributed by atoms with Gasteiger partial charge in [0.25, 0.3) is 5.91 Å². The van der Waals surface area contributed by atoms with Crippen LogP contribution in [0.5, 0.6) is 5.75 Å². The molecule has 2 aromatic carbocycles. The Hall–Kier alpha value is -3.87. The maximum atomic E-state index is 12.6. The second kappa shape index (κ2) is 8.10. The van der Waals surface area contributed by atoms with Crippen LogP contribution in [0, 0.1) is 6.57 Å². The Morgan fingerprint density at radius 3 is 2.48 bits per heavy atom. The van der Waals surface area contributed by atoms with Crippen molar-refractivity contribution in [3.05, 3.63) is 71.4 Å². The third kappa shape index (κ3) is 4.50. The van der Waals surface area contributed by atoms with E-state index in [4.69, 9.17) is 11.3 Å². The lowest BCUT2D eigenvalue weighted by atomic mass is 10.2. The number of benzene rings is 2. The highest BCUT2D eigenvalue weighted by molar-refractivity contribution is 5.94. The van der Waals surface area contributed by atoms with Crippen molar-refractivity contribution in [1.82, 2.24) is 15.0 Å². The molecule has 0 N–H and O–H groups in total. The lowest BCUT2D eigenvalue weighted by molar-refractivity contribution is -0.159. The van der Waals surface area contributed by atoms with Gasteiger partial charge in [0.1, 0.15) is 11.9 Å². The summed E-state index contributed by atoms with van der Waals surface area (Å²) in [6.07, 6.45) is -4.26. The van der Waals surface area contributed by atoms with Gasteiger partial charge in [0, 0.05) is 24.1 Å². The maximum Gasteiger partial charge on any atom is 0.471 e. The molecule has 1 aromatic heterocycles. The predicted molar refractivity (Wildman–Crippen MR) is 102 cm³/mol. The van der Waals surface area contributed by atoms with Crippen LogP contribution in [0.1, 0.15) is 22.7 Å². The zero-order chi connectivity index (χ0) is 22.0. The first-order valence-electron chi connectivity index (χ1n) is 9.28. The minimum absolute atomic E-state index is 0.129. The number of aromatic nitrogens is 2. The molecule has 4 rings (SSSR count). The fourth-order valence-corrected chi connectivity index (χ4v) is 3.20. The highest BCUT2D eigenvalue weighted by atomic mass is 19.4. The smallest absolute Gasteiger partial charge is 0.471 e. The molecule has 0 radical (unpaired) electrons. The topological polar surface area (TPSA) is 72.8 Å². The summed E-state index contributed by atoms with van der Waals surface area (Å²) in [6, 6.07) is 12.8. The molecule has 3 aromatic rings. The van der Waals surface area contributed by atoms with Crippen molar-refractivity contribution < 1.29 is 27.2 Å². The van der Waals surface area contributed by atoms with Crippen molar-refractivity contribution in [1.29, 1.82) is 0 Å². The monoisotopic (exact) mass is 428 g/mol. The second-order valence-corrected chi connectivity index (χ2v) is 6.88. The van der Waals surface area contributed by atoms with Crippen molar-refractivity contribution in [3.63, 3.8) is 0 Å². The van der Waals surface area contributed by atoms with Gasteiger partial charge < -0.3 is 14.2 Å². The minimum Gasteiger partial charge on any atom is -0.489 e. The summed E-state index contributed by atoms with van der Waals surface area (Å²) in [5.74, 6) is -1.18. The summed E-state index contributed by atoms with van der Waals surface area (Å²) in [4.78, 5) is 20.9. The summed E-state index contributed by atoms with van der Waals surface area (Å²) < 4.78 is 47.9. The van der Waals surface area contributed by atoms with Crippen molar-refractivity contribution in [2.24, 2.45) is 0 Å². The van der Waals surface area contributed by atoms with E-state index in [0.717, 1.165) is 0 Å². The first kappa shape index (κ1) is 20.4. The molecule has 0 bridgehead atoms. The summed E-state index contributed by atoms with van der Waals surface area (Å²) in [5.41, 5.74) is 1.34. The van der Waals surface area contributed by atoms with Gasteiger partial charge in [-0.25, -0.2) is 4.85 Å². The molecular weight excluding hydrogens is 413 g/mol. The number of nitrogens with zero attached hydrogens (tertiary/aromatic N) is 4. The average molecular weight is 428 g/mol. The molecule has 0 spiro atoms. The summed E-state index contributed by atoms with van der Waals surface area (Å²) in [7, 11) is 0. The number of hydrogen-bond acceptors (Lipinski definition) is 5. The quantitative estimate of drug-likeness (QED) is 0.568. The molecular formula is C21H15F3N4O3. The lowest BCUT2D eigenvalue weighted by Crippen LogP contribution is -2.30. The first-order valence-corrected chi connectivity index (χ1v) is 9.28. The first-order chi connectivity index (χ1) is 14.8. The molecule has 1 amide bonds. The Kier molecular flexibility index (Phi) is 5.33.